The van der Waals surface area contributed by atoms with Crippen molar-refractivity contribution in [3.05, 3.63) is 69.7 Å². The number of aliphatic imine (C=N–C) groups is 1. The molecule has 0 saturated heterocycles. The molecule has 2 aromatic heterocycles. The van der Waals surface area contributed by atoms with E-state index in [-0.39, 0.29) is 0 Å². The third-order valence-corrected chi connectivity index (χ3v) is 6.47. The topological polar surface area (TPSA) is 58.3 Å². The molecule has 2 heterocycles. The van der Waals surface area contributed by atoms with Gasteiger partial charge in [-0.05, 0) is 38.2 Å². The zero-order chi connectivity index (χ0) is 20.8. The number of benzene rings is 1. The van der Waals surface area contributed by atoms with Crippen LogP contribution in [-0.4, -0.2) is 39.0 Å². The normalized spacial score (nSPS) is 13.9. The number of rotatable bonds is 7. The quantitative estimate of drug-likeness (QED) is 0.464. The van der Waals surface area contributed by atoms with Crippen LogP contribution in [0.5, 0.6) is 0 Å². The zero-order valence-corrected chi connectivity index (χ0v) is 18.7. The molecule has 1 aliphatic carbocycles. The van der Waals surface area contributed by atoms with Crippen LogP contribution >= 0.6 is 11.3 Å². The van der Waals surface area contributed by atoms with Crippen molar-refractivity contribution in [2.24, 2.45) is 4.99 Å². The fourth-order valence-corrected chi connectivity index (χ4v) is 4.99. The lowest BCUT2D eigenvalue weighted by molar-refractivity contribution is 0.474. The molecular weight excluding hydrogens is 392 g/mol. The molecule has 4 rings (SSSR count). The molecule has 0 saturated carbocycles. The van der Waals surface area contributed by atoms with E-state index in [4.69, 9.17) is 9.98 Å². The fraction of sp³-hybridized carbons (Fsp3) is 0.435. The van der Waals surface area contributed by atoms with Crippen LogP contribution in [0.2, 0.25) is 0 Å². The van der Waals surface area contributed by atoms with Crippen molar-refractivity contribution >= 4 is 17.3 Å². The lowest BCUT2D eigenvalue weighted by atomic mass is 10.0. The summed E-state index contributed by atoms with van der Waals surface area (Å²) in [6, 6.07) is 10.5. The van der Waals surface area contributed by atoms with Crippen LogP contribution in [0.1, 0.15) is 46.7 Å². The van der Waals surface area contributed by atoms with Crippen LogP contribution in [0.15, 0.2) is 47.7 Å². The largest absolute Gasteiger partial charge is 0.357 e. The number of nitrogens with one attached hydrogen (secondary N) is 1. The molecule has 0 spiro atoms. The smallest absolute Gasteiger partial charge is 0.194 e. The molecule has 158 valence electrons. The lowest BCUT2D eigenvalue weighted by Gasteiger charge is -2.21. The molecule has 0 fully saturated rings. The van der Waals surface area contributed by atoms with Gasteiger partial charge in [-0.3, -0.25) is 0 Å². The highest BCUT2D eigenvalue weighted by molar-refractivity contribution is 7.11. The predicted molar refractivity (Wildman–Crippen MR) is 123 cm³/mol. The van der Waals surface area contributed by atoms with Crippen LogP contribution in [0.25, 0.3) is 0 Å². The van der Waals surface area contributed by atoms with Crippen LogP contribution in [0.3, 0.4) is 0 Å². The van der Waals surface area contributed by atoms with Gasteiger partial charge in [0.2, 0.25) is 0 Å². The van der Waals surface area contributed by atoms with Crippen molar-refractivity contribution in [2.75, 3.05) is 13.6 Å². The third-order valence-electron chi connectivity index (χ3n) is 5.33. The van der Waals surface area contributed by atoms with Crippen LogP contribution < -0.4 is 5.32 Å². The van der Waals surface area contributed by atoms with Gasteiger partial charge < -0.3 is 14.8 Å². The average molecular weight is 423 g/mol. The summed E-state index contributed by atoms with van der Waals surface area (Å²) in [5, 5.41) is 4.59. The van der Waals surface area contributed by atoms with E-state index >= 15 is 0 Å². The minimum absolute atomic E-state index is 0.543. The van der Waals surface area contributed by atoms with Gasteiger partial charge in [-0.25, -0.2) is 15.0 Å². The maximum Gasteiger partial charge on any atom is 0.194 e. The van der Waals surface area contributed by atoms with E-state index in [1.54, 1.807) is 0 Å². The maximum atomic E-state index is 4.88. The SMILES string of the molecule is CCNC(=NCc1nccn1Cc1ccccc1)N(C)Cc1nc2c(s1)CCCC2. The molecule has 0 aliphatic heterocycles. The van der Waals surface area contributed by atoms with Crippen molar-refractivity contribution in [1.82, 2.24) is 24.8 Å². The van der Waals surface area contributed by atoms with E-state index in [2.05, 4.69) is 58.0 Å². The van der Waals surface area contributed by atoms with E-state index < -0.39 is 0 Å². The number of hydrogen-bond acceptors (Lipinski definition) is 4. The Hall–Kier alpha value is -2.67. The molecule has 0 atom stereocenters. The van der Waals surface area contributed by atoms with Gasteiger partial charge in [0.1, 0.15) is 17.4 Å². The van der Waals surface area contributed by atoms with E-state index in [0.717, 1.165) is 37.8 Å². The Morgan fingerprint density at radius 2 is 2.07 bits per heavy atom. The fourth-order valence-electron chi connectivity index (χ4n) is 3.78. The van der Waals surface area contributed by atoms with Crippen molar-refractivity contribution in [3.63, 3.8) is 0 Å². The van der Waals surface area contributed by atoms with Gasteiger partial charge in [0, 0.05) is 37.4 Å². The van der Waals surface area contributed by atoms with Crippen LogP contribution in [0, 0.1) is 0 Å². The first-order chi connectivity index (χ1) is 14.7. The van der Waals surface area contributed by atoms with E-state index in [0.29, 0.717) is 6.54 Å². The molecule has 30 heavy (non-hydrogen) atoms. The summed E-state index contributed by atoms with van der Waals surface area (Å²) < 4.78 is 2.16. The number of aryl methyl sites for hydroxylation is 2. The van der Waals surface area contributed by atoms with E-state index in [1.807, 2.05) is 29.8 Å². The zero-order valence-electron chi connectivity index (χ0n) is 17.8. The molecule has 1 aromatic carbocycles. The summed E-state index contributed by atoms with van der Waals surface area (Å²) in [5.41, 5.74) is 2.58. The van der Waals surface area contributed by atoms with Crippen molar-refractivity contribution in [3.8, 4) is 0 Å². The highest BCUT2D eigenvalue weighted by Gasteiger charge is 2.17. The van der Waals surface area contributed by atoms with Gasteiger partial charge in [-0.2, -0.15) is 0 Å². The van der Waals surface area contributed by atoms with Gasteiger partial charge >= 0.3 is 0 Å². The Bertz CT molecular complexity index is 951. The Labute approximate surface area is 182 Å². The molecule has 1 N–H and O–H groups in total. The second-order valence-corrected chi connectivity index (χ2v) is 8.84. The summed E-state index contributed by atoms with van der Waals surface area (Å²) in [6.45, 7) is 5.06. The number of aromatic nitrogens is 3. The minimum Gasteiger partial charge on any atom is -0.357 e. The summed E-state index contributed by atoms with van der Waals surface area (Å²) in [6.07, 6.45) is 8.76. The van der Waals surface area contributed by atoms with Crippen molar-refractivity contribution in [1.29, 1.82) is 0 Å². The molecular formula is C23H30N6S. The lowest BCUT2D eigenvalue weighted by Crippen LogP contribution is -2.38. The van der Waals surface area contributed by atoms with Gasteiger partial charge in [0.15, 0.2) is 5.96 Å². The Kier molecular flexibility index (Phi) is 6.79. The molecule has 0 unspecified atom stereocenters. The van der Waals surface area contributed by atoms with Gasteiger partial charge in [-0.15, -0.1) is 11.3 Å². The highest BCUT2D eigenvalue weighted by atomic mass is 32.1. The maximum absolute atomic E-state index is 4.88. The second kappa shape index (κ2) is 9.89. The molecule has 6 nitrogen and oxygen atoms in total. The molecule has 7 heteroatoms. The number of nitrogens with zero attached hydrogens (tertiary/aromatic N) is 5. The first-order valence-electron chi connectivity index (χ1n) is 10.7. The number of fused-ring (bicyclic) bond motifs is 1. The van der Waals surface area contributed by atoms with Crippen LogP contribution in [0.4, 0.5) is 0 Å². The predicted octanol–water partition coefficient (Wildman–Crippen LogP) is 3.86. The first kappa shape index (κ1) is 20.6. The highest BCUT2D eigenvalue weighted by Crippen LogP contribution is 2.27. The molecule has 3 aromatic rings. The molecule has 0 bridgehead atoms. The Morgan fingerprint density at radius 1 is 1.23 bits per heavy atom. The van der Waals surface area contributed by atoms with Gasteiger partial charge in [0.25, 0.3) is 0 Å². The summed E-state index contributed by atoms with van der Waals surface area (Å²) in [4.78, 5) is 17.9. The van der Waals surface area contributed by atoms with Gasteiger partial charge in [-0.1, -0.05) is 30.3 Å². The Morgan fingerprint density at radius 3 is 2.87 bits per heavy atom. The van der Waals surface area contributed by atoms with E-state index in [9.17, 15) is 0 Å². The standard InChI is InChI=1S/C23H30N6S/c1-3-24-23(28(2)17-22-27-19-11-7-8-12-20(19)30-22)26-15-21-25-13-14-29(21)16-18-9-5-4-6-10-18/h4-6,9-10,13-14H,3,7-8,11-12,15-17H2,1-2H3,(H,24,26). The summed E-state index contributed by atoms with van der Waals surface area (Å²) in [7, 11) is 2.08. The van der Waals surface area contributed by atoms with E-state index in [1.165, 1.54) is 40.4 Å². The summed E-state index contributed by atoms with van der Waals surface area (Å²) in [5.74, 6) is 1.85. The van der Waals surface area contributed by atoms with Crippen LogP contribution in [-0.2, 0) is 32.5 Å². The second-order valence-electron chi connectivity index (χ2n) is 7.67. The monoisotopic (exact) mass is 422 g/mol. The van der Waals surface area contributed by atoms with Crippen molar-refractivity contribution in [2.45, 2.75) is 52.2 Å². The average Bonchev–Trinajstić information content (AvgIpc) is 3.37. The van der Waals surface area contributed by atoms with Gasteiger partial charge in [0.05, 0.1) is 12.2 Å². The van der Waals surface area contributed by atoms with Crippen molar-refractivity contribution < 1.29 is 0 Å². The Balaban J connectivity index is 1.44. The molecule has 1 aliphatic rings. The summed E-state index contributed by atoms with van der Waals surface area (Å²) >= 11 is 1.87. The number of thiazole rings is 1. The first-order valence-corrected chi connectivity index (χ1v) is 11.6. The minimum atomic E-state index is 0.543. The number of hydrogen-bond donors (Lipinski definition) is 1. The molecule has 0 radical (unpaired) electrons. The number of imidazole rings is 1. The third kappa shape index (κ3) is 5.08. The number of guanidine groups is 1. The molecule has 0 amide bonds.